The molecule has 1 aromatic rings. The number of non-ortho nitro benzene ring substituents is 1. The monoisotopic (exact) mass is 596 g/mol. The van der Waals surface area contributed by atoms with Gasteiger partial charge < -0.3 is 25.5 Å². The number of nitro groups is 1. The summed E-state index contributed by atoms with van der Waals surface area (Å²) >= 11 is 0. The molecule has 0 aliphatic heterocycles. The minimum absolute atomic E-state index is 0.0474. The SMILES string of the molecule is O=C(O)CN(CC(=O)O)CC1(CN(CC(=O)O)CC(Cc2ccc([N+](=O)[O-])cc2)N(CC(=O)O)CC(=O)O)CCCC1. The Morgan fingerprint density at radius 1 is 0.738 bits per heavy atom. The lowest BCUT2D eigenvalue weighted by Crippen LogP contribution is -2.53. The van der Waals surface area contributed by atoms with Crippen LogP contribution in [0.15, 0.2) is 24.3 Å². The highest BCUT2D eigenvalue weighted by molar-refractivity contribution is 5.73. The summed E-state index contributed by atoms with van der Waals surface area (Å²) in [6, 6.07) is 4.59. The first-order chi connectivity index (χ1) is 19.7. The molecule has 16 nitrogen and oxygen atoms in total. The summed E-state index contributed by atoms with van der Waals surface area (Å²) < 4.78 is 0. The molecule has 0 heterocycles. The van der Waals surface area contributed by atoms with Crippen molar-refractivity contribution in [2.45, 2.75) is 38.1 Å². The molecule has 0 amide bonds. The lowest BCUT2D eigenvalue weighted by molar-refractivity contribution is -0.384. The van der Waals surface area contributed by atoms with E-state index in [0.717, 1.165) is 12.8 Å². The van der Waals surface area contributed by atoms with Gasteiger partial charge in [-0.3, -0.25) is 48.8 Å². The minimum atomic E-state index is -1.31. The number of benzene rings is 1. The van der Waals surface area contributed by atoms with Crippen LogP contribution in [-0.4, -0.2) is 133 Å². The molecule has 0 saturated heterocycles. The van der Waals surface area contributed by atoms with E-state index in [-0.39, 0.29) is 31.7 Å². The van der Waals surface area contributed by atoms with Crippen molar-refractivity contribution in [1.29, 1.82) is 0 Å². The predicted molar refractivity (Wildman–Crippen MR) is 144 cm³/mol. The molecule has 1 aromatic carbocycles. The molecule has 0 aromatic heterocycles. The van der Waals surface area contributed by atoms with Crippen LogP contribution in [0.1, 0.15) is 31.2 Å². The summed E-state index contributed by atoms with van der Waals surface area (Å²) in [5.74, 6) is -6.24. The zero-order valence-corrected chi connectivity index (χ0v) is 23.0. The van der Waals surface area contributed by atoms with Crippen molar-refractivity contribution in [1.82, 2.24) is 14.7 Å². The molecule has 16 heteroatoms. The Hall–Kier alpha value is -4.15. The van der Waals surface area contributed by atoms with Gasteiger partial charge in [0.1, 0.15) is 0 Å². The van der Waals surface area contributed by atoms with Gasteiger partial charge in [-0.05, 0) is 30.2 Å². The average molecular weight is 597 g/mol. The third-order valence-corrected chi connectivity index (χ3v) is 7.14. The molecule has 42 heavy (non-hydrogen) atoms. The lowest BCUT2D eigenvalue weighted by atomic mass is 9.84. The lowest BCUT2D eigenvalue weighted by Gasteiger charge is -2.40. The average Bonchev–Trinajstić information content (AvgIpc) is 3.29. The molecule has 1 atom stereocenters. The zero-order chi connectivity index (χ0) is 31.4. The maximum absolute atomic E-state index is 11.9. The van der Waals surface area contributed by atoms with E-state index in [1.54, 1.807) is 4.90 Å². The zero-order valence-electron chi connectivity index (χ0n) is 23.0. The Morgan fingerprint density at radius 2 is 1.17 bits per heavy atom. The molecule has 1 unspecified atom stereocenters. The highest BCUT2D eigenvalue weighted by Crippen LogP contribution is 2.40. The van der Waals surface area contributed by atoms with Crippen LogP contribution >= 0.6 is 0 Å². The van der Waals surface area contributed by atoms with Crippen molar-refractivity contribution in [2.75, 3.05) is 52.4 Å². The van der Waals surface area contributed by atoms with Crippen molar-refractivity contribution < 1.29 is 54.4 Å². The molecule has 2 rings (SSSR count). The second kappa shape index (κ2) is 15.7. The molecule has 1 aliphatic carbocycles. The number of hydrogen-bond acceptors (Lipinski definition) is 10. The predicted octanol–water partition coefficient (Wildman–Crippen LogP) is 0.395. The van der Waals surface area contributed by atoms with Crippen molar-refractivity contribution >= 4 is 35.5 Å². The highest BCUT2D eigenvalue weighted by Gasteiger charge is 2.39. The fourth-order valence-corrected chi connectivity index (χ4v) is 5.66. The Morgan fingerprint density at radius 3 is 1.60 bits per heavy atom. The molecule has 0 radical (unpaired) electrons. The third kappa shape index (κ3) is 11.8. The number of rotatable bonds is 20. The first-order valence-electron chi connectivity index (χ1n) is 13.2. The van der Waals surface area contributed by atoms with Gasteiger partial charge in [0.15, 0.2) is 0 Å². The van der Waals surface area contributed by atoms with E-state index in [2.05, 4.69) is 0 Å². The van der Waals surface area contributed by atoms with Gasteiger partial charge in [-0.15, -0.1) is 0 Å². The van der Waals surface area contributed by atoms with Crippen molar-refractivity contribution in [3.63, 3.8) is 0 Å². The topological polar surface area (TPSA) is 239 Å². The number of aliphatic carboxylic acids is 5. The van der Waals surface area contributed by atoms with E-state index in [0.29, 0.717) is 18.4 Å². The Labute approximate surface area is 240 Å². The first-order valence-corrected chi connectivity index (χ1v) is 13.2. The van der Waals surface area contributed by atoms with Crippen LogP contribution in [0.2, 0.25) is 0 Å². The molecule has 1 aliphatic rings. The van der Waals surface area contributed by atoms with Gasteiger partial charge in [-0.25, -0.2) is 0 Å². The smallest absolute Gasteiger partial charge is 0.317 e. The third-order valence-electron chi connectivity index (χ3n) is 7.14. The minimum Gasteiger partial charge on any atom is -0.480 e. The molecule has 0 spiro atoms. The summed E-state index contributed by atoms with van der Waals surface area (Å²) in [6.07, 6.45) is 2.70. The Kier molecular flexibility index (Phi) is 12.8. The van der Waals surface area contributed by atoms with Crippen LogP contribution in [-0.2, 0) is 30.4 Å². The summed E-state index contributed by atoms with van der Waals surface area (Å²) in [5, 5.41) is 58.3. The number of nitrogens with zero attached hydrogens (tertiary/aromatic N) is 4. The van der Waals surface area contributed by atoms with Crippen LogP contribution in [0.25, 0.3) is 0 Å². The number of nitro benzene ring substituents is 1. The summed E-state index contributed by atoms with van der Waals surface area (Å²) in [6.45, 7) is -2.79. The van der Waals surface area contributed by atoms with Crippen LogP contribution in [0.4, 0.5) is 5.69 Å². The molecule has 1 fully saturated rings. The van der Waals surface area contributed by atoms with E-state index >= 15 is 0 Å². The Balaban J connectivity index is 2.43. The molecular weight excluding hydrogens is 560 g/mol. The van der Waals surface area contributed by atoms with E-state index < -0.39 is 79.0 Å². The summed E-state index contributed by atoms with van der Waals surface area (Å²) in [5.41, 5.74) is -0.305. The first kappa shape index (κ1) is 34.1. The standard InChI is InChI=1S/C26H36N4O12/c31-21(32)11-27(16-26(7-1-2-8-26)17-28(12-22(33)34)13-23(35)36)10-20(29(14-24(37)38)15-25(39)40)9-18-3-5-19(6-4-18)30(41)42/h3-6,20H,1-2,7-17H2,(H,31,32)(H,33,34)(H,35,36)(H,37,38)(H,39,40). The number of carboxylic acids is 5. The van der Waals surface area contributed by atoms with Crippen LogP contribution in [0.3, 0.4) is 0 Å². The normalized spacial score (nSPS) is 15.1. The van der Waals surface area contributed by atoms with Gasteiger partial charge in [-0.2, -0.15) is 0 Å². The van der Waals surface area contributed by atoms with Gasteiger partial charge in [0.2, 0.25) is 0 Å². The maximum Gasteiger partial charge on any atom is 0.317 e. The quantitative estimate of drug-likeness (QED) is 0.101. The maximum atomic E-state index is 11.9. The second-order valence-electron chi connectivity index (χ2n) is 10.7. The number of carbonyl (C=O) groups is 5. The van der Waals surface area contributed by atoms with E-state index in [9.17, 15) is 59.6 Å². The molecular formula is C26H36N4O12. The molecule has 232 valence electrons. The largest absolute Gasteiger partial charge is 0.480 e. The van der Waals surface area contributed by atoms with E-state index in [1.165, 1.54) is 34.1 Å². The van der Waals surface area contributed by atoms with Gasteiger partial charge >= 0.3 is 29.8 Å². The molecule has 1 saturated carbocycles. The van der Waals surface area contributed by atoms with Gasteiger partial charge in [0.05, 0.1) is 37.6 Å². The van der Waals surface area contributed by atoms with Crippen LogP contribution in [0, 0.1) is 15.5 Å². The molecule has 5 N–H and O–H groups in total. The summed E-state index contributed by atoms with van der Waals surface area (Å²) in [4.78, 5) is 72.5. The number of carboxylic acid groups (broad SMARTS) is 5. The highest BCUT2D eigenvalue weighted by atomic mass is 16.6. The van der Waals surface area contributed by atoms with Crippen LogP contribution in [0.5, 0.6) is 0 Å². The second-order valence-corrected chi connectivity index (χ2v) is 10.7. The van der Waals surface area contributed by atoms with Crippen molar-refractivity contribution in [2.24, 2.45) is 5.41 Å². The fraction of sp³-hybridized carbons (Fsp3) is 0.577. The number of hydrogen-bond donors (Lipinski definition) is 5. The van der Waals surface area contributed by atoms with Crippen LogP contribution < -0.4 is 0 Å². The van der Waals surface area contributed by atoms with Gasteiger partial charge in [-0.1, -0.05) is 25.0 Å². The van der Waals surface area contributed by atoms with E-state index in [4.69, 9.17) is 0 Å². The van der Waals surface area contributed by atoms with Gasteiger partial charge in [0, 0.05) is 37.8 Å². The summed E-state index contributed by atoms with van der Waals surface area (Å²) in [7, 11) is 0. The molecule has 0 bridgehead atoms. The fourth-order valence-electron chi connectivity index (χ4n) is 5.66. The van der Waals surface area contributed by atoms with Crippen molar-refractivity contribution in [3.05, 3.63) is 39.9 Å². The van der Waals surface area contributed by atoms with Crippen molar-refractivity contribution in [3.8, 4) is 0 Å². The van der Waals surface area contributed by atoms with E-state index in [1.807, 2.05) is 0 Å². The Bertz CT molecular complexity index is 1100. The van der Waals surface area contributed by atoms with Gasteiger partial charge in [0.25, 0.3) is 5.69 Å².